The average Bonchev–Trinajstić information content (AvgIpc) is 3.60. The summed E-state index contributed by atoms with van der Waals surface area (Å²) in [7, 11) is 0. The van der Waals surface area contributed by atoms with Crippen molar-refractivity contribution in [1.29, 1.82) is 0 Å². The van der Waals surface area contributed by atoms with Crippen molar-refractivity contribution < 1.29 is 83.6 Å². The first-order valence-electron chi connectivity index (χ1n) is 14.5. The van der Waals surface area contributed by atoms with Gasteiger partial charge in [0.15, 0.2) is 0 Å². The molecule has 2 rings (SSSR count). The van der Waals surface area contributed by atoms with E-state index in [-0.39, 0.29) is 108 Å². The smallest absolute Gasteiger partial charge is 0.245 e. The first-order valence-corrected chi connectivity index (χ1v) is 16.6. The molecule has 2 heterocycles. The number of rotatable bonds is 19. The fourth-order valence-electron chi connectivity index (χ4n) is 4.39. The molecule has 0 radical (unpaired) electrons. The number of hydrogen-bond acceptors (Lipinski definition) is 11. The normalized spacial score (nSPS) is 16.4. The highest BCUT2D eigenvalue weighted by Crippen LogP contribution is 2.25. The molecular formula is C26H37F9N6O9S2. The van der Waals surface area contributed by atoms with Crippen LogP contribution in [-0.4, -0.2) is 119 Å². The van der Waals surface area contributed by atoms with Crippen LogP contribution in [0.5, 0.6) is 0 Å². The number of thioether (sulfide) groups is 1. The van der Waals surface area contributed by atoms with E-state index in [1.54, 1.807) is 6.26 Å². The molecule has 8 amide bonds. The largest absolute Gasteiger partial charge is 0.354 e. The molecule has 0 bridgehead atoms. The van der Waals surface area contributed by atoms with E-state index in [2.05, 4.69) is 21.3 Å². The first kappa shape index (κ1) is 52.3. The van der Waals surface area contributed by atoms with Gasteiger partial charge in [-0.2, -0.15) is 15.6 Å². The summed E-state index contributed by atoms with van der Waals surface area (Å²) in [6.45, 7) is 1.27. The molecule has 2 aliphatic rings. The van der Waals surface area contributed by atoms with Gasteiger partial charge in [0, 0.05) is 114 Å². The van der Waals surface area contributed by atoms with Gasteiger partial charge in [-0.3, -0.25) is 53.0 Å². The molecule has 0 aromatic heterocycles. The van der Waals surface area contributed by atoms with Gasteiger partial charge in [-0.25, -0.2) is 0 Å². The number of likely N-dealkylation sites (tertiary alicyclic amines) is 2. The molecule has 2 saturated heterocycles. The van der Waals surface area contributed by atoms with Gasteiger partial charge in [-0.15, -0.1) is 0 Å². The summed E-state index contributed by atoms with van der Waals surface area (Å²) in [6, 6.07) is 0. The van der Waals surface area contributed by atoms with Gasteiger partial charge in [0.1, 0.15) is 11.0 Å². The summed E-state index contributed by atoms with van der Waals surface area (Å²) in [5.41, 5.74) is 0. The Balaban J connectivity index is -0.00000280. The third-order valence-corrected chi connectivity index (χ3v) is 8.42. The molecule has 15 nitrogen and oxygen atoms in total. The van der Waals surface area contributed by atoms with Crippen LogP contribution in [0.1, 0.15) is 45.4 Å². The van der Waals surface area contributed by atoms with E-state index in [9.17, 15) is 47.0 Å². The van der Waals surface area contributed by atoms with Crippen molar-refractivity contribution >= 4 is 77.0 Å². The van der Waals surface area contributed by atoms with Gasteiger partial charge in [0.25, 0.3) is 0 Å². The minimum absolute atomic E-state index is 0.0208. The van der Waals surface area contributed by atoms with Crippen LogP contribution in [0.4, 0.5) is 40.5 Å². The lowest BCUT2D eigenvalue weighted by molar-refractivity contribution is -0.140. The Labute approximate surface area is 299 Å². The molecule has 2 fully saturated rings. The van der Waals surface area contributed by atoms with Crippen LogP contribution in [0.15, 0.2) is 0 Å². The van der Waals surface area contributed by atoms with E-state index < -0.39 is 51.9 Å². The number of carbonyl (C=O) groups is 9. The zero-order valence-corrected chi connectivity index (χ0v) is 29.1. The second-order valence-corrected chi connectivity index (χ2v) is 11.9. The molecule has 0 aliphatic carbocycles. The molecule has 0 aromatic carbocycles. The third-order valence-electron chi connectivity index (χ3n) is 6.90. The Bertz CT molecular complexity index is 1100. The zero-order valence-electron chi connectivity index (χ0n) is 27.5. The standard InChI is InChI=1S/C26H37FN6O9S2.4F2/c1-15(34)16(11-21(37)30-7-5-28-19(35)3-9-32-23(39)13-17(43-2)25(32)41)12-22(38)31-8-6-29-20(36)4-10-33-24(40)14-18(44-27)26(33)42;4*1-2/h16-18H,3-14H2,1-2H3,(H,28,35)(H,29,36)(H,30,37)(H,31,38);;;;. The van der Waals surface area contributed by atoms with Crippen LogP contribution in [0.3, 0.4) is 0 Å². The predicted octanol–water partition coefficient (Wildman–Crippen LogP) is 1.81. The number of nitrogens with one attached hydrogen (secondary N) is 4. The lowest BCUT2D eigenvalue weighted by Crippen LogP contribution is -2.39. The molecule has 2 aliphatic heterocycles. The summed E-state index contributed by atoms with van der Waals surface area (Å²) < 4.78 is 76.7. The number of Topliss-reactive ketones (excluding diaryl/α,β-unsaturated/α-hetero) is 1. The summed E-state index contributed by atoms with van der Waals surface area (Å²) in [6.07, 6.45) is 0.850. The molecule has 3 unspecified atom stereocenters. The Morgan fingerprint density at radius 3 is 1.25 bits per heavy atom. The summed E-state index contributed by atoms with van der Waals surface area (Å²) in [4.78, 5) is 110. The van der Waals surface area contributed by atoms with E-state index in [0.717, 1.165) is 9.80 Å². The van der Waals surface area contributed by atoms with Gasteiger partial charge in [-0.1, -0.05) is 0 Å². The maximum atomic E-state index is 12.7. The van der Waals surface area contributed by atoms with E-state index >= 15 is 0 Å². The van der Waals surface area contributed by atoms with Crippen molar-refractivity contribution in [3.05, 3.63) is 0 Å². The summed E-state index contributed by atoms with van der Waals surface area (Å²) in [5, 5.41) is 8.69. The van der Waals surface area contributed by atoms with Crippen molar-refractivity contribution in [2.75, 3.05) is 45.5 Å². The molecule has 0 spiro atoms. The zero-order chi connectivity index (χ0) is 40.8. The molecule has 4 N–H and O–H groups in total. The molecular weight excluding hydrogens is 775 g/mol. The lowest BCUT2D eigenvalue weighted by Gasteiger charge is -2.15. The van der Waals surface area contributed by atoms with Crippen molar-refractivity contribution in [3.8, 4) is 0 Å². The second kappa shape index (κ2) is 31.6. The monoisotopic (exact) mass is 812 g/mol. The van der Waals surface area contributed by atoms with E-state index in [1.165, 1.54) is 18.7 Å². The van der Waals surface area contributed by atoms with Crippen molar-refractivity contribution in [3.63, 3.8) is 0 Å². The summed E-state index contributed by atoms with van der Waals surface area (Å²) in [5.74, 6) is -4.98. The minimum atomic E-state index is -1.08. The molecule has 0 aromatic rings. The van der Waals surface area contributed by atoms with Crippen LogP contribution in [0.25, 0.3) is 0 Å². The number of halogens is 9. The van der Waals surface area contributed by atoms with E-state index in [4.69, 9.17) is 36.6 Å². The fourth-order valence-corrected chi connectivity index (χ4v) is 5.44. The topological polar surface area (TPSA) is 208 Å². The lowest BCUT2D eigenvalue weighted by atomic mass is 9.96. The van der Waals surface area contributed by atoms with Gasteiger partial charge in [0.2, 0.25) is 47.3 Å². The van der Waals surface area contributed by atoms with Gasteiger partial charge in [0.05, 0.1) is 23.8 Å². The van der Waals surface area contributed by atoms with Crippen molar-refractivity contribution in [2.45, 2.75) is 55.9 Å². The number of ketones is 1. The summed E-state index contributed by atoms with van der Waals surface area (Å²) >= 11 is 1.08. The van der Waals surface area contributed by atoms with E-state index in [0.29, 0.717) is 0 Å². The predicted molar refractivity (Wildman–Crippen MR) is 166 cm³/mol. The Kier molecular flexibility index (Phi) is 31.8. The number of imide groups is 2. The van der Waals surface area contributed by atoms with Crippen molar-refractivity contribution in [1.82, 2.24) is 31.1 Å². The van der Waals surface area contributed by atoms with Crippen LogP contribution in [0, 0.1) is 5.92 Å². The van der Waals surface area contributed by atoms with Gasteiger partial charge < -0.3 is 21.3 Å². The average molecular weight is 813 g/mol. The number of hydrogen-bond donors (Lipinski definition) is 4. The van der Waals surface area contributed by atoms with Crippen LogP contribution >= 0.6 is 23.9 Å². The molecule has 0 saturated carbocycles. The minimum Gasteiger partial charge on any atom is -0.354 e. The van der Waals surface area contributed by atoms with Crippen LogP contribution < -0.4 is 21.3 Å². The van der Waals surface area contributed by atoms with E-state index in [1.807, 2.05) is 0 Å². The number of carbonyl (C=O) groups excluding carboxylic acids is 9. The highest BCUT2D eigenvalue weighted by molar-refractivity contribution is 8.00. The maximum Gasteiger partial charge on any atom is 0.245 e. The first-order chi connectivity index (χ1) is 24.9. The van der Waals surface area contributed by atoms with Crippen LogP contribution in [0.2, 0.25) is 0 Å². The molecule has 300 valence electrons. The van der Waals surface area contributed by atoms with Crippen LogP contribution in [-0.2, 0) is 43.2 Å². The second-order valence-electron chi connectivity index (χ2n) is 10.1. The highest BCUT2D eigenvalue weighted by atomic mass is 32.2. The molecule has 52 heavy (non-hydrogen) atoms. The van der Waals surface area contributed by atoms with Gasteiger partial charge >= 0.3 is 0 Å². The van der Waals surface area contributed by atoms with Gasteiger partial charge in [-0.05, 0) is 13.2 Å². The molecule has 3 atom stereocenters. The number of amides is 8. The fraction of sp³-hybridized carbons (Fsp3) is 0.654. The Morgan fingerprint density at radius 1 is 0.635 bits per heavy atom. The SMILES string of the molecule is CSC1CC(=O)N(CCC(=O)NCCNC(=O)CC(CC(=O)NCCNC(=O)CCN2C(=O)CC(SF)C2=O)C(C)=O)C1=O.FF.FF.FF.FF. The quantitative estimate of drug-likeness (QED) is 0.0841. The highest BCUT2D eigenvalue weighted by Gasteiger charge is 2.39. The third kappa shape index (κ3) is 20.1. The Hall–Kier alpha value is -4.10. The van der Waals surface area contributed by atoms with Crippen molar-refractivity contribution in [2.24, 2.45) is 5.92 Å². The molecule has 26 heteroatoms. The number of nitrogens with zero attached hydrogens (tertiary/aromatic N) is 2. The Morgan fingerprint density at radius 2 is 0.962 bits per heavy atom. The maximum absolute atomic E-state index is 12.7.